The molecular formula is C14H18N4O3. The Morgan fingerprint density at radius 2 is 2.00 bits per heavy atom. The van der Waals surface area contributed by atoms with Crippen LogP contribution in [0.4, 0.5) is 10.6 Å². The highest BCUT2D eigenvalue weighted by atomic mass is 16.5. The van der Waals surface area contributed by atoms with E-state index in [0.717, 1.165) is 11.3 Å². The number of amides is 2. The highest BCUT2D eigenvalue weighted by Gasteiger charge is 2.07. The molecule has 0 unspecified atom stereocenters. The first-order valence-corrected chi connectivity index (χ1v) is 6.40. The Morgan fingerprint density at radius 1 is 1.24 bits per heavy atom. The molecule has 0 radical (unpaired) electrons. The number of aromatic amines is 1. The van der Waals surface area contributed by atoms with Crippen LogP contribution in [-0.4, -0.2) is 30.4 Å². The summed E-state index contributed by atoms with van der Waals surface area (Å²) in [4.78, 5) is 11.7. The normalized spacial score (nSPS) is 10.0. The van der Waals surface area contributed by atoms with E-state index < -0.39 is 0 Å². The number of carbonyl (C=O) groups excluding carboxylic acids is 1. The zero-order valence-electron chi connectivity index (χ0n) is 12.2. The fourth-order valence-electron chi connectivity index (χ4n) is 1.82. The predicted molar refractivity (Wildman–Crippen MR) is 78.7 cm³/mol. The SMILES string of the molecule is COc1ccc(CNC(=O)Nc2cc(C)[nH]n2)cc1OC. The number of hydrogen-bond acceptors (Lipinski definition) is 4. The number of aromatic nitrogens is 2. The van der Waals surface area contributed by atoms with Crippen molar-refractivity contribution in [1.29, 1.82) is 0 Å². The molecule has 1 aromatic heterocycles. The van der Waals surface area contributed by atoms with E-state index in [1.54, 1.807) is 26.4 Å². The molecule has 21 heavy (non-hydrogen) atoms. The summed E-state index contributed by atoms with van der Waals surface area (Å²) < 4.78 is 10.4. The third-order valence-electron chi connectivity index (χ3n) is 2.85. The predicted octanol–water partition coefficient (Wildman–Crippen LogP) is 2.06. The summed E-state index contributed by atoms with van der Waals surface area (Å²) in [6.45, 7) is 2.23. The lowest BCUT2D eigenvalue weighted by Crippen LogP contribution is -2.28. The molecule has 2 amide bonds. The second kappa shape index (κ2) is 6.65. The Labute approximate surface area is 122 Å². The van der Waals surface area contributed by atoms with Crippen molar-refractivity contribution in [3.8, 4) is 11.5 Å². The van der Waals surface area contributed by atoms with Crippen molar-refractivity contribution in [3.05, 3.63) is 35.5 Å². The van der Waals surface area contributed by atoms with Crippen molar-refractivity contribution in [2.24, 2.45) is 0 Å². The van der Waals surface area contributed by atoms with E-state index in [1.165, 1.54) is 0 Å². The van der Waals surface area contributed by atoms with Crippen LogP contribution in [-0.2, 0) is 6.54 Å². The van der Waals surface area contributed by atoms with Gasteiger partial charge in [-0.25, -0.2) is 4.79 Å². The molecule has 0 fully saturated rings. The van der Waals surface area contributed by atoms with Gasteiger partial charge in [0.15, 0.2) is 17.3 Å². The van der Waals surface area contributed by atoms with Gasteiger partial charge < -0.3 is 14.8 Å². The number of anilines is 1. The van der Waals surface area contributed by atoms with Crippen LogP contribution >= 0.6 is 0 Å². The third-order valence-corrected chi connectivity index (χ3v) is 2.85. The molecule has 1 heterocycles. The minimum absolute atomic E-state index is 0.323. The molecule has 0 aliphatic heterocycles. The Kier molecular flexibility index (Phi) is 4.65. The van der Waals surface area contributed by atoms with Gasteiger partial charge in [0.2, 0.25) is 0 Å². The summed E-state index contributed by atoms with van der Waals surface area (Å²) in [6, 6.07) is 6.90. The lowest BCUT2D eigenvalue weighted by molar-refractivity contribution is 0.251. The minimum atomic E-state index is -0.323. The molecule has 2 rings (SSSR count). The van der Waals surface area contributed by atoms with Crippen molar-refractivity contribution in [1.82, 2.24) is 15.5 Å². The van der Waals surface area contributed by atoms with Crippen molar-refractivity contribution >= 4 is 11.8 Å². The first kappa shape index (κ1) is 14.7. The van der Waals surface area contributed by atoms with Crippen LogP contribution in [0.15, 0.2) is 24.3 Å². The van der Waals surface area contributed by atoms with Gasteiger partial charge in [0.05, 0.1) is 14.2 Å². The molecule has 2 aromatic rings. The van der Waals surface area contributed by atoms with E-state index >= 15 is 0 Å². The first-order chi connectivity index (χ1) is 10.1. The molecular weight excluding hydrogens is 272 g/mol. The van der Waals surface area contributed by atoms with Crippen LogP contribution in [0.25, 0.3) is 0 Å². The van der Waals surface area contributed by atoms with Gasteiger partial charge in [-0.05, 0) is 24.6 Å². The van der Waals surface area contributed by atoms with Gasteiger partial charge in [0.25, 0.3) is 0 Å². The number of ether oxygens (including phenoxy) is 2. The number of nitrogens with one attached hydrogen (secondary N) is 3. The highest BCUT2D eigenvalue weighted by Crippen LogP contribution is 2.27. The van der Waals surface area contributed by atoms with Gasteiger partial charge in [0, 0.05) is 18.3 Å². The van der Waals surface area contributed by atoms with E-state index in [1.807, 2.05) is 19.1 Å². The third kappa shape index (κ3) is 3.88. The van der Waals surface area contributed by atoms with Crippen molar-refractivity contribution in [2.75, 3.05) is 19.5 Å². The molecule has 0 saturated carbocycles. The van der Waals surface area contributed by atoms with Crippen LogP contribution in [0.5, 0.6) is 11.5 Å². The second-order valence-corrected chi connectivity index (χ2v) is 4.43. The number of H-pyrrole nitrogens is 1. The van der Waals surface area contributed by atoms with Crippen LogP contribution in [0.3, 0.4) is 0 Å². The molecule has 0 aliphatic carbocycles. The number of benzene rings is 1. The van der Waals surface area contributed by atoms with Crippen LogP contribution in [0.2, 0.25) is 0 Å². The maximum atomic E-state index is 11.7. The zero-order chi connectivity index (χ0) is 15.2. The number of urea groups is 1. The molecule has 3 N–H and O–H groups in total. The number of hydrogen-bond donors (Lipinski definition) is 3. The summed E-state index contributed by atoms with van der Waals surface area (Å²) in [7, 11) is 3.15. The standard InChI is InChI=1S/C14H18N4O3/c1-9-6-13(18-17-9)16-14(19)15-8-10-4-5-11(20-2)12(7-10)21-3/h4-7H,8H2,1-3H3,(H3,15,16,17,18,19). The fourth-order valence-corrected chi connectivity index (χ4v) is 1.82. The second-order valence-electron chi connectivity index (χ2n) is 4.43. The Bertz CT molecular complexity index is 624. The molecule has 1 aromatic carbocycles. The highest BCUT2D eigenvalue weighted by molar-refractivity contribution is 5.88. The molecule has 112 valence electrons. The quantitative estimate of drug-likeness (QED) is 0.786. The van der Waals surface area contributed by atoms with Gasteiger partial charge in [-0.2, -0.15) is 5.10 Å². The van der Waals surface area contributed by atoms with Gasteiger partial charge in [0.1, 0.15) is 0 Å². The molecule has 0 spiro atoms. The number of carbonyl (C=O) groups is 1. The lowest BCUT2D eigenvalue weighted by atomic mass is 10.2. The molecule has 0 bridgehead atoms. The van der Waals surface area contributed by atoms with E-state index in [9.17, 15) is 4.79 Å². The van der Waals surface area contributed by atoms with Crippen LogP contribution in [0.1, 0.15) is 11.3 Å². The lowest BCUT2D eigenvalue weighted by Gasteiger charge is -2.10. The Hall–Kier alpha value is -2.70. The summed E-state index contributed by atoms with van der Waals surface area (Å²) in [5.74, 6) is 1.76. The summed E-state index contributed by atoms with van der Waals surface area (Å²) in [5, 5.41) is 12.1. The van der Waals surface area contributed by atoms with Gasteiger partial charge in [-0.15, -0.1) is 0 Å². The van der Waals surface area contributed by atoms with E-state index in [-0.39, 0.29) is 6.03 Å². The van der Waals surface area contributed by atoms with Gasteiger partial charge in [-0.1, -0.05) is 6.07 Å². The van der Waals surface area contributed by atoms with Crippen molar-refractivity contribution in [2.45, 2.75) is 13.5 Å². The van der Waals surface area contributed by atoms with Gasteiger partial charge >= 0.3 is 6.03 Å². The largest absolute Gasteiger partial charge is 0.493 e. The molecule has 0 aliphatic rings. The monoisotopic (exact) mass is 290 g/mol. The summed E-state index contributed by atoms with van der Waals surface area (Å²) in [6.07, 6.45) is 0. The van der Waals surface area contributed by atoms with Crippen molar-refractivity contribution in [3.63, 3.8) is 0 Å². The van der Waals surface area contributed by atoms with E-state index in [4.69, 9.17) is 9.47 Å². The fraction of sp³-hybridized carbons (Fsp3) is 0.286. The van der Waals surface area contributed by atoms with Gasteiger partial charge in [-0.3, -0.25) is 10.4 Å². The summed E-state index contributed by atoms with van der Waals surface area (Å²) >= 11 is 0. The van der Waals surface area contributed by atoms with E-state index in [0.29, 0.717) is 23.9 Å². The molecule has 7 heteroatoms. The van der Waals surface area contributed by atoms with Crippen LogP contribution in [0, 0.1) is 6.92 Å². The molecule has 7 nitrogen and oxygen atoms in total. The first-order valence-electron chi connectivity index (χ1n) is 6.40. The van der Waals surface area contributed by atoms with E-state index in [2.05, 4.69) is 20.8 Å². The molecule has 0 saturated heterocycles. The maximum absolute atomic E-state index is 11.7. The number of rotatable bonds is 5. The number of aryl methyl sites for hydroxylation is 1. The average Bonchev–Trinajstić information content (AvgIpc) is 2.89. The Balaban J connectivity index is 1.91. The molecule has 0 atom stereocenters. The Morgan fingerprint density at radius 3 is 2.62 bits per heavy atom. The minimum Gasteiger partial charge on any atom is -0.493 e. The smallest absolute Gasteiger partial charge is 0.320 e. The maximum Gasteiger partial charge on any atom is 0.320 e. The summed E-state index contributed by atoms with van der Waals surface area (Å²) in [5.41, 5.74) is 1.78. The number of methoxy groups -OCH3 is 2. The average molecular weight is 290 g/mol. The van der Waals surface area contributed by atoms with Crippen LogP contribution < -0.4 is 20.1 Å². The van der Waals surface area contributed by atoms with Crippen molar-refractivity contribution < 1.29 is 14.3 Å². The topological polar surface area (TPSA) is 88.3 Å². The zero-order valence-corrected chi connectivity index (χ0v) is 12.2. The number of nitrogens with zero attached hydrogens (tertiary/aromatic N) is 1.